The first-order chi connectivity index (χ1) is 21.0. The van der Waals surface area contributed by atoms with Crippen molar-refractivity contribution in [2.45, 2.75) is 57.6 Å². The maximum Gasteiger partial charge on any atom is 0.264 e. The molecule has 4 aromatic rings. The van der Waals surface area contributed by atoms with E-state index in [4.69, 9.17) is 11.6 Å². The predicted octanol–water partition coefficient (Wildman–Crippen LogP) is 6.32. The zero-order valence-corrected chi connectivity index (χ0v) is 27.0. The van der Waals surface area contributed by atoms with E-state index in [1.807, 2.05) is 76.2 Å². The summed E-state index contributed by atoms with van der Waals surface area (Å²) >= 11 is 6.55. The molecule has 7 nitrogen and oxygen atoms in total. The molecule has 0 unspecified atom stereocenters. The third-order valence-electron chi connectivity index (χ3n) is 7.23. The lowest BCUT2D eigenvalue weighted by Crippen LogP contribution is -2.54. The number of nitrogens with zero attached hydrogens (tertiary/aromatic N) is 2. The van der Waals surface area contributed by atoms with E-state index in [-0.39, 0.29) is 29.8 Å². The summed E-state index contributed by atoms with van der Waals surface area (Å²) in [5.41, 5.74) is 3.55. The number of carbonyl (C=O) groups is 2. The van der Waals surface area contributed by atoms with Crippen LogP contribution in [0.15, 0.2) is 108 Å². The van der Waals surface area contributed by atoms with Crippen LogP contribution in [0.3, 0.4) is 0 Å². The summed E-state index contributed by atoms with van der Waals surface area (Å²) in [4.78, 5) is 29.8. The fourth-order valence-corrected chi connectivity index (χ4v) is 6.76. The quantitative estimate of drug-likeness (QED) is 0.198. The van der Waals surface area contributed by atoms with Crippen molar-refractivity contribution in [1.82, 2.24) is 10.2 Å². The highest BCUT2D eigenvalue weighted by Crippen LogP contribution is 2.29. The van der Waals surface area contributed by atoms with Gasteiger partial charge in [0.05, 0.1) is 10.6 Å². The molecule has 4 aromatic carbocycles. The first kappa shape index (κ1) is 32.8. The van der Waals surface area contributed by atoms with Gasteiger partial charge in [-0.1, -0.05) is 96.0 Å². The summed E-state index contributed by atoms with van der Waals surface area (Å²) in [7, 11) is -4.16. The van der Waals surface area contributed by atoms with E-state index in [0.717, 1.165) is 15.4 Å². The molecule has 0 aromatic heterocycles. The molecule has 230 valence electrons. The molecule has 0 aliphatic carbocycles. The van der Waals surface area contributed by atoms with E-state index < -0.39 is 28.5 Å². The Kier molecular flexibility index (Phi) is 10.8. The molecule has 0 bridgehead atoms. The number of benzene rings is 4. The Bertz CT molecular complexity index is 1700. The Morgan fingerprint density at radius 2 is 1.45 bits per heavy atom. The number of halogens is 1. The van der Waals surface area contributed by atoms with Gasteiger partial charge in [0.25, 0.3) is 10.0 Å². The summed E-state index contributed by atoms with van der Waals surface area (Å²) in [5.74, 6) is -0.877. The van der Waals surface area contributed by atoms with Crippen molar-refractivity contribution >= 4 is 39.1 Å². The number of rotatable bonds is 12. The molecule has 0 aliphatic rings. The van der Waals surface area contributed by atoms with Gasteiger partial charge in [0.2, 0.25) is 11.8 Å². The van der Waals surface area contributed by atoms with Gasteiger partial charge in [0, 0.05) is 24.0 Å². The fourth-order valence-electron chi connectivity index (χ4n) is 5.06. The molecule has 2 amide bonds. The summed E-state index contributed by atoms with van der Waals surface area (Å²) in [6, 6.07) is 28.9. The molecule has 1 N–H and O–H groups in total. The number of amides is 2. The normalized spacial score (nSPS) is 12.0. The Morgan fingerprint density at radius 1 is 0.841 bits per heavy atom. The number of aryl methyl sites for hydroxylation is 2. The molecule has 0 spiro atoms. The maximum absolute atomic E-state index is 14.5. The Hall–Kier alpha value is -4.14. The van der Waals surface area contributed by atoms with E-state index in [1.54, 1.807) is 42.5 Å². The third kappa shape index (κ3) is 8.07. The van der Waals surface area contributed by atoms with Crippen LogP contribution < -0.4 is 9.62 Å². The number of hydrogen-bond donors (Lipinski definition) is 1. The summed E-state index contributed by atoms with van der Waals surface area (Å²) in [6.45, 7) is 6.93. The highest BCUT2D eigenvalue weighted by Gasteiger charge is 2.35. The van der Waals surface area contributed by atoms with Crippen molar-refractivity contribution in [2.24, 2.45) is 0 Å². The van der Waals surface area contributed by atoms with Gasteiger partial charge in [-0.2, -0.15) is 0 Å². The summed E-state index contributed by atoms with van der Waals surface area (Å²) < 4.78 is 29.4. The van der Waals surface area contributed by atoms with Crippen LogP contribution in [0.4, 0.5) is 5.69 Å². The van der Waals surface area contributed by atoms with Crippen molar-refractivity contribution < 1.29 is 18.0 Å². The van der Waals surface area contributed by atoms with Gasteiger partial charge in [0.15, 0.2) is 0 Å². The number of nitrogens with one attached hydrogen (secondary N) is 1. The lowest BCUT2D eigenvalue weighted by atomic mass is 10.0. The van der Waals surface area contributed by atoms with E-state index in [2.05, 4.69) is 5.32 Å². The van der Waals surface area contributed by atoms with Crippen LogP contribution in [-0.2, 0) is 32.6 Å². The van der Waals surface area contributed by atoms with Crippen LogP contribution in [0, 0.1) is 13.8 Å². The van der Waals surface area contributed by atoms with Crippen LogP contribution in [0.25, 0.3) is 0 Å². The summed E-state index contributed by atoms with van der Waals surface area (Å²) in [5, 5.41) is 3.40. The topological polar surface area (TPSA) is 86.8 Å². The lowest BCUT2D eigenvalue weighted by molar-refractivity contribution is -0.140. The largest absolute Gasteiger partial charge is 0.352 e. The standard InChI is InChI=1S/C35H38ClN3O4S/c1-25(2)37-35(41)33(22-28-13-7-5-8-14-28)38(23-29-15-11-12-18-31(29)36)34(40)24-39(32-20-19-26(3)21-27(32)4)44(42,43)30-16-9-6-10-17-30/h5-21,25,33H,22-24H2,1-4H3,(H,37,41)/t33-/m1/s1. The Morgan fingerprint density at radius 3 is 2.07 bits per heavy atom. The minimum Gasteiger partial charge on any atom is -0.352 e. The predicted molar refractivity (Wildman–Crippen MR) is 176 cm³/mol. The highest BCUT2D eigenvalue weighted by atomic mass is 35.5. The highest BCUT2D eigenvalue weighted by molar-refractivity contribution is 7.92. The second kappa shape index (κ2) is 14.6. The average molecular weight is 632 g/mol. The minimum atomic E-state index is -4.16. The lowest BCUT2D eigenvalue weighted by Gasteiger charge is -2.34. The molecular weight excluding hydrogens is 594 g/mol. The van der Waals surface area contributed by atoms with E-state index in [1.165, 1.54) is 17.0 Å². The van der Waals surface area contributed by atoms with Crippen LogP contribution in [0.1, 0.15) is 36.1 Å². The zero-order valence-electron chi connectivity index (χ0n) is 25.4. The molecule has 4 rings (SSSR count). The first-order valence-corrected chi connectivity index (χ1v) is 16.3. The molecule has 1 atom stereocenters. The van der Waals surface area contributed by atoms with Gasteiger partial charge in [-0.05, 0) is 68.7 Å². The molecular formula is C35H38ClN3O4S. The van der Waals surface area contributed by atoms with Crippen molar-refractivity contribution in [1.29, 1.82) is 0 Å². The first-order valence-electron chi connectivity index (χ1n) is 14.5. The van der Waals surface area contributed by atoms with Gasteiger partial charge in [-0.25, -0.2) is 8.42 Å². The maximum atomic E-state index is 14.5. The second-order valence-corrected chi connectivity index (χ2v) is 13.4. The van der Waals surface area contributed by atoms with Crippen molar-refractivity contribution in [3.63, 3.8) is 0 Å². The van der Waals surface area contributed by atoms with Crippen LogP contribution in [0.5, 0.6) is 0 Å². The van der Waals surface area contributed by atoms with E-state index in [9.17, 15) is 18.0 Å². The van der Waals surface area contributed by atoms with Crippen LogP contribution in [0.2, 0.25) is 5.02 Å². The molecule has 0 saturated heterocycles. The number of carbonyl (C=O) groups excluding carboxylic acids is 2. The van der Waals surface area contributed by atoms with Gasteiger partial charge in [-0.15, -0.1) is 0 Å². The van der Waals surface area contributed by atoms with Crippen LogP contribution in [-0.4, -0.2) is 43.8 Å². The molecule has 0 radical (unpaired) electrons. The van der Waals surface area contributed by atoms with Crippen molar-refractivity contribution in [3.8, 4) is 0 Å². The van der Waals surface area contributed by atoms with E-state index in [0.29, 0.717) is 21.8 Å². The second-order valence-electron chi connectivity index (χ2n) is 11.1. The van der Waals surface area contributed by atoms with Gasteiger partial charge in [-0.3, -0.25) is 13.9 Å². The Labute approximate surface area is 265 Å². The molecule has 44 heavy (non-hydrogen) atoms. The molecule has 9 heteroatoms. The Balaban J connectivity index is 1.83. The monoisotopic (exact) mass is 631 g/mol. The van der Waals surface area contributed by atoms with Gasteiger partial charge < -0.3 is 10.2 Å². The van der Waals surface area contributed by atoms with Gasteiger partial charge in [0.1, 0.15) is 12.6 Å². The number of sulfonamides is 1. The average Bonchev–Trinajstić information content (AvgIpc) is 2.99. The van der Waals surface area contributed by atoms with Crippen LogP contribution >= 0.6 is 11.6 Å². The smallest absolute Gasteiger partial charge is 0.264 e. The fraction of sp³-hybridized carbons (Fsp3) is 0.257. The number of hydrogen-bond acceptors (Lipinski definition) is 4. The number of anilines is 1. The zero-order chi connectivity index (χ0) is 31.9. The minimum absolute atomic E-state index is 0.00757. The molecule has 0 aliphatic heterocycles. The SMILES string of the molecule is Cc1ccc(N(CC(=O)N(Cc2ccccc2Cl)[C@H](Cc2ccccc2)C(=O)NC(C)C)S(=O)(=O)c2ccccc2)c(C)c1. The van der Waals surface area contributed by atoms with E-state index >= 15 is 0 Å². The molecule has 0 saturated carbocycles. The van der Waals surface area contributed by atoms with Gasteiger partial charge >= 0.3 is 0 Å². The molecule has 0 heterocycles. The molecule has 0 fully saturated rings. The van der Waals surface area contributed by atoms with Crippen molar-refractivity contribution in [3.05, 3.63) is 130 Å². The van der Waals surface area contributed by atoms with Crippen molar-refractivity contribution in [2.75, 3.05) is 10.8 Å². The summed E-state index contributed by atoms with van der Waals surface area (Å²) in [6.07, 6.45) is 0.227. The third-order valence-corrected chi connectivity index (χ3v) is 9.37.